The summed E-state index contributed by atoms with van der Waals surface area (Å²) in [6.45, 7) is 9.60. The second-order valence-electron chi connectivity index (χ2n) is 6.80. The summed E-state index contributed by atoms with van der Waals surface area (Å²) in [4.78, 5) is 4.94. The molecule has 2 N–H and O–H groups in total. The van der Waals surface area contributed by atoms with Crippen LogP contribution in [0.3, 0.4) is 0 Å². The van der Waals surface area contributed by atoms with Crippen LogP contribution < -0.4 is 5.73 Å². The third-order valence-corrected chi connectivity index (χ3v) is 5.06. The lowest BCUT2D eigenvalue weighted by molar-refractivity contribution is 0.0981. The molecule has 0 spiro atoms. The molecule has 1 aromatic carbocycles. The number of likely N-dealkylation sites (tertiary alicyclic amines) is 1. The Balaban J connectivity index is 2.25. The molecule has 0 aliphatic carbocycles. The number of nitrogens with zero attached hydrogens (tertiary/aromatic N) is 2. The molecular weight excluding hydrogens is 258 g/mol. The molecule has 0 aromatic heterocycles. The summed E-state index contributed by atoms with van der Waals surface area (Å²) in [6.07, 6.45) is 2.57. The fraction of sp³-hybridized carbons (Fsp3) is 0.667. The van der Waals surface area contributed by atoms with Crippen LogP contribution >= 0.6 is 0 Å². The number of nitrogens with two attached hydrogens (primary N) is 1. The molecular formula is C18H31N3. The van der Waals surface area contributed by atoms with Crippen molar-refractivity contribution in [2.75, 3.05) is 33.7 Å². The van der Waals surface area contributed by atoms with Gasteiger partial charge in [-0.2, -0.15) is 0 Å². The first kappa shape index (κ1) is 16.5. The molecule has 2 atom stereocenters. The Kier molecular flexibility index (Phi) is 5.42. The van der Waals surface area contributed by atoms with Crippen LogP contribution in [0.1, 0.15) is 41.1 Å². The molecule has 0 saturated carbocycles. The number of likely N-dealkylation sites (N-methyl/N-ethyl adjacent to an activating group) is 1. The summed E-state index contributed by atoms with van der Waals surface area (Å²) in [5, 5.41) is 0. The van der Waals surface area contributed by atoms with Crippen molar-refractivity contribution in [3.63, 3.8) is 0 Å². The monoisotopic (exact) mass is 289 g/mol. The number of benzene rings is 1. The van der Waals surface area contributed by atoms with E-state index < -0.39 is 0 Å². The largest absolute Gasteiger partial charge is 0.329 e. The van der Waals surface area contributed by atoms with E-state index >= 15 is 0 Å². The SMILES string of the molecule is Cc1cc(C)c(C(CN)N2CCCC(N(C)C)C2)cc1C. The molecule has 1 fully saturated rings. The Hall–Kier alpha value is -0.900. The molecule has 1 saturated heterocycles. The van der Waals surface area contributed by atoms with E-state index in [-0.39, 0.29) is 0 Å². The van der Waals surface area contributed by atoms with Crippen LogP contribution in [-0.4, -0.2) is 49.6 Å². The van der Waals surface area contributed by atoms with E-state index in [1.165, 1.54) is 41.6 Å². The highest BCUT2D eigenvalue weighted by Gasteiger charge is 2.28. The maximum Gasteiger partial charge on any atom is 0.0473 e. The van der Waals surface area contributed by atoms with Gasteiger partial charge in [0, 0.05) is 25.2 Å². The molecule has 3 nitrogen and oxygen atoms in total. The van der Waals surface area contributed by atoms with Crippen LogP contribution in [-0.2, 0) is 0 Å². The zero-order valence-corrected chi connectivity index (χ0v) is 14.3. The quantitative estimate of drug-likeness (QED) is 0.925. The van der Waals surface area contributed by atoms with Gasteiger partial charge >= 0.3 is 0 Å². The van der Waals surface area contributed by atoms with E-state index in [1.807, 2.05) is 0 Å². The minimum Gasteiger partial charge on any atom is -0.329 e. The lowest BCUT2D eigenvalue weighted by Crippen LogP contribution is -2.48. The molecule has 2 rings (SSSR count). The number of piperidine rings is 1. The lowest BCUT2D eigenvalue weighted by atomic mass is 9.93. The van der Waals surface area contributed by atoms with E-state index in [0.29, 0.717) is 18.6 Å². The maximum atomic E-state index is 6.16. The molecule has 2 unspecified atom stereocenters. The van der Waals surface area contributed by atoms with Crippen LogP contribution in [0.4, 0.5) is 0 Å². The van der Waals surface area contributed by atoms with Crippen molar-refractivity contribution in [1.29, 1.82) is 0 Å². The Morgan fingerprint density at radius 1 is 1.19 bits per heavy atom. The van der Waals surface area contributed by atoms with Crippen LogP contribution in [0.15, 0.2) is 12.1 Å². The molecule has 118 valence electrons. The molecule has 1 aromatic rings. The van der Waals surface area contributed by atoms with Gasteiger partial charge in [0.1, 0.15) is 0 Å². The van der Waals surface area contributed by atoms with E-state index in [2.05, 4.69) is 56.8 Å². The maximum absolute atomic E-state index is 6.16. The predicted molar refractivity (Wildman–Crippen MR) is 90.7 cm³/mol. The van der Waals surface area contributed by atoms with Gasteiger partial charge in [0.15, 0.2) is 0 Å². The van der Waals surface area contributed by atoms with Gasteiger partial charge in [-0.3, -0.25) is 4.90 Å². The lowest BCUT2D eigenvalue weighted by Gasteiger charge is -2.41. The topological polar surface area (TPSA) is 32.5 Å². The zero-order chi connectivity index (χ0) is 15.6. The normalized spacial score (nSPS) is 21.8. The Bertz CT molecular complexity index is 482. The highest BCUT2D eigenvalue weighted by Crippen LogP contribution is 2.29. The van der Waals surface area contributed by atoms with Crippen molar-refractivity contribution in [1.82, 2.24) is 9.80 Å². The third kappa shape index (κ3) is 3.65. The van der Waals surface area contributed by atoms with Crippen molar-refractivity contribution in [2.24, 2.45) is 5.73 Å². The van der Waals surface area contributed by atoms with Gasteiger partial charge < -0.3 is 10.6 Å². The smallest absolute Gasteiger partial charge is 0.0473 e. The van der Waals surface area contributed by atoms with Crippen molar-refractivity contribution in [3.05, 3.63) is 34.4 Å². The molecule has 0 radical (unpaired) electrons. The Labute approximate surface area is 130 Å². The van der Waals surface area contributed by atoms with Crippen LogP contribution in [0.2, 0.25) is 0 Å². The summed E-state index contributed by atoms with van der Waals surface area (Å²) in [7, 11) is 4.37. The van der Waals surface area contributed by atoms with Gasteiger partial charge in [-0.25, -0.2) is 0 Å². The van der Waals surface area contributed by atoms with Crippen molar-refractivity contribution in [2.45, 2.75) is 45.7 Å². The van der Waals surface area contributed by atoms with Gasteiger partial charge in [-0.05, 0) is 76.5 Å². The highest BCUT2D eigenvalue weighted by atomic mass is 15.2. The molecule has 1 aliphatic heterocycles. The summed E-state index contributed by atoms with van der Waals surface area (Å²) < 4.78 is 0. The second-order valence-corrected chi connectivity index (χ2v) is 6.80. The highest BCUT2D eigenvalue weighted by molar-refractivity contribution is 5.38. The van der Waals surface area contributed by atoms with Gasteiger partial charge in [0.2, 0.25) is 0 Å². The zero-order valence-electron chi connectivity index (χ0n) is 14.3. The first-order chi connectivity index (χ1) is 9.93. The van der Waals surface area contributed by atoms with E-state index in [1.54, 1.807) is 0 Å². The van der Waals surface area contributed by atoms with E-state index in [0.717, 1.165) is 6.54 Å². The minimum atomic E-state index is 0.354. The van der Waals surface area contributed by atoms with Crippen LogP contribution in [0, 0.1) is 20.8 Å². The first-order valence-electron chi connectivity index (χ1n) is 8.12. The first-order valence-corrected chi connectivity index (χ1v) is 8.12. The Morgan fingerprint density at radius 2 is 1.86 bits per heavy atom. The number of hydrogen-bond donors (Lipinski definition) is 1. The third-order valence-electron chi connectivity index (χ3n) is 5.06. The fourth-order valence-electron chi connectivity index (χ4n) is 3.50. The molecule has 1 aliphatic rings. The Morgan fingerprint density at radius 3 is 2.48 bits per heavy atom. The van der Waals surface area contributed by atoms with E-state index in [4.69, 9.17) is 5.73 Å². The van der Waals surface area contributed by atoms with Gasteiger partial charge in [-0.1, -0.05) is 12.1 Å². The van der Waals surface area contributed by atoms with Gasteiger partial charge in [0.25, 0.3) is 0 Å². The molecule has 0 amide bonds. The van der Waals surface area contributed by atoms with Crippen molar-refractivity contribution < 1.29 is 0 Å². The summed E-state index contributed by atoms with van der Waals surface area (Å²) in [6, 6.07) is 5.66. The number of aryl methyl sites for hydroxylation is 3. The standard InChI is InChI=1S/C18H31N3/c1-13-9-15(3)17(10-14(13)2)18(11-19)21-8-6-7-16(12-21)20(4)5/h9-10,16,18H,6-8,11-12,19H2,1-5H3. The molecule has 0 bridgehead atoms. The van der Waals surface area contributed by atoms with Crippen molar-refractivity contribution >= 4 is 0 Å². The molecule has 3 heteroatoms. The second kappa shape index (κ2) is 6.91. The van der Waals surface area contributed by atoms with E-state index in [9.17, 15) is 0 Å². The predicted octanol–water partition coefficient (Wildman–Crippen LogP) is 2.64. The summed E-state index contributed by atoms with van der Waals surface area (Å²) in [5.74, 6) is 0. The summed E-state index contributed by atoms with van der Waals surface area (Å²) >= 11 is 0. The van der Waals surface area contributed by atoms with Crippen LogP contribution in [0.25, 0.3) is 0 Å². The average molecular weight is 289 g/mol. The number of rotatable bonds is 4. The summed E-state index contributed by atoms with van der Waals surface area (Å²) in [5.41, 5.74) is 11.7. The average Bonchev–Trinajstić information content (AvgIpc) is 2.45. The fourth-order valence-corrected chi connectivity index (χ4v) is 3.50. The number of hydrogen-bond acceptors (Lipinski definition) is 3. The molecule has 1 heterocycles. The van der Waals surface area contributed by atoms with Gasteiger partial charge in [0.05, 0.1) is 0 Å². The molecule has 21 heavy (non-hydrogen) atoms. The van der Waals surface area contributed by atoms with Crippen molar-refractivity contribution in [3.8, 4) is 0 Å². The minimum absolute atomic E-state index is 0.354. The van der Waals surface area contributed by atoms with Crippen LogP contribution in [0.5, 0.6) is 0 Å². The van der Waals surface area contributed by atoms with Gasteiger partial charge in [-0.15, -0.1) is 0 Å².